The molecule has 0 unspecified atom stereocenters. The first-order chi connectivity index (χ1) is 13.5. The molecular formula is C22H16INO4. The first-order valence-electron chi connectivity index (χ1n) is 8.69. The van der Waals surface area contributed by atoms with Crippen molar-refractivity contribution in [2.24, 2.45) is 0 Å². The van der Waals surface area contributed by atoms with Crippen LogP contribution in [0.4, 0.5) is 10.5 Å². The molecule has 0 saturated carbocycles. The second-order valence-corrected chi connectivity index (χ2v) is 7.61. The van der Waals surface area contributed by atoms with Crippen molar-refractivity contribution >= 4 is 40.3 Å². The number of rotatable bonds is 4. The van der Waals surface area contributed by atoms with Crippen LogP contribution >= 0.6 is 22.6 Å². The van der Waals surface area contributed by atoms with Gasteiger partial charge in [0.1, 0.15) is 6.61 Å². The molecule has 4 rings (SSSR count). The fourth-order valence-electron chi connectivity index (χ4n) is 3.50. The number of amides is 1. The lowest BCUT2D eigenvalue weighted by Crippen LogP contribution is -2.18. The fraction of sp³-hybridized carbons (Fsp3) is 0.0909. The molecule has 1 amide bonds. The number of carboxylic acids is 1. The number of carboxylic acid groups (broad SMARTS) is 1. The Morgan fingerprint density at radius 2 is 1.57 bits per heavy atom. The molecule has 0 atom stereocenters. The summed E-state index contributed by atoms with van der Waals surface area (Å²) in [4.78, 5) is 23.5. The number of ether oxygens (including phenoxy) is 1. The first-order valence-corrected chi connectivity index (χ1v) is 9.77. The Hall–Kier alpha value is -2.87. The predicted molar refractivity (Wildman–Crippen MR) is 115 cm³/mol. The van der Waals surface area contributed by atoms with Crippen LogP contribution in [0, 0.1) is 3.57 Å². The lowest BCUT2D eigenvalue weighted by Gasteiger charge is -2.15. The molecule has 3 aromatic rings. The van der Waals surface area contributed by atoms with Crippen molar-refractivity contribution in [2.75, 3.05) is 11.9 Å². The Balaban J connectivity index is 1.50. The van der Waals surface area contributed by atoms with Crippen LogP contribution in [-0.2, 0) is 4.74 Å². The zero-order valence-electron chi connectivity index (χ0n) is 14.7. The minimum absolute atomic E-state index is 0.0254. The van der Waals surface area contributed by atoms with Crippen LogP contribution in [0.1, 0.15) is 27.4 Å². The quantitative estimate of drug-likeness (QED) is 0.489. The van der Waals surface area contributed by atoms with E-state index in [1.165, 1.54) is 12.1 Å². The molecule has 0 heterocycles. The molecule has 0 bridgehead atoms. The maximum absolute atomic E-state index is 12.3. The third-order valence-corrected chi connectivity index (χ3v) is 5.73. The molecule has 0 fully saturated rings. The van der Waals surface area contributed by atoms with Crippen molar-refractivity contribution in [3.8, 4) is 11.1 Å². The van der Waals surface area contributed by atoms with E-state index in [0.29, 0.717) is 5.69 Å². The number of hydrogen-bond acceptors (Lipinski definition) is 3. The molecule has 140 valence electrons. The number of anilines is 1. The maximum Gasteiger partial charge on any atom is 0.411 e. The monoisotopic (exact) mass is 485 g/mol. The Bertz CT molecular complexity index is 1030. The molecule has 1 aliphatic rings. The van der Waals surface area contributed by atoms with Crippen molar-refractivity contribution in [1.29, 1.82) is 0 Å². The molecule has 6 heteroatoms. The summed E-state index contributed by atoms with van der Waals surface area (Å²) in [5.74, 6) is -1.07. The average molecular weight is 485 g/mol. The van der Waals surface area contributed by atoms with Gasteiger partial charge in [-0.25, -0.2) is 9.59 Å². The van der Waals surface area contributed by atoms with Crippen LogP contribution in [0.25, 0.3) is 11.1 Å². The number of benzene rings is 3. The van der Waals surface area contributed by atoms with Crippen LogP contribution in [0.5, 0.6) is 0 Å². The molecule has 28 heavy (non-hydrogen) atoms. The SMILES string of the molecule is O=C(Nc1cc(C(=O)O)ccc1I)OCC1c2ccccc2-c2ccccc21. The summed E-state index contributed by atoms with van der Waals surface area (Å²) >= 11 is 2.04. The Labute approximate surface area is 175 Å². The minimum atomic E-state index is -1.05. The highest BCUT2D eigenvalue weighted by atomic mass is 127. The topological polar surface area (TPSA) is 75.6 Å². The third kappa shape index (κ3) is 3.47. The van der Waals surface area contributed by atoms with E-state index in [4.69, 9.17) is 9.84 Å². The van der Waals surface area contributed by atoms with Crippen LogP contribution in [0.3, 0.4) is 0 Å². The molecule has 0 radical (unpaired) electrons. The molecule has 2 N–H and O–H groups in total. The molecule has 3 aromatic carbocycles. The molecule has 0 saturated heterocycles. The number of carbonyl (C=O) groups excluding carboxylic acids is 1. The zero-order valence-corrected chi connectivity index (χ0v) is 16.8. The van der Waals surface area contributed by atoms with Crippen molar-refractivity contribution in [2.45, 2.75) is 5.92 Å². The van der Waals surface area contributed by atoms with Crippen LogP contribution < -0.4 is 5.32 Å². The van der Waals surface area contributed by atoms with E-state index in [1.807, 2.05) is 46.9 Å². The van der Waals surface area contributed by atoms with Gasteiger partial charge in [0.2, 0.25) is 0 Å². The van der Waals surface area contributed by atoms with E-state index in [0.717, 1.165) is 25.8 Å². The predicted octanol–water partition coefficient (Wildman–Crippen LogP) is 5.35. The van der Waals surface area contributed by atoms with E-state index in [-0.39, 0.29) is 18.1 Å². The number of carbonyl (C=O) groups is 2. The number of halogens is 1. The van der Waals surface area contributed by atoms with Crippen molar-refractivity contribution in [3.63, 3.8) is 0 Å². The van der Waals surface area contributed by atoms with Gasteiger partial charge in [0.05, 0.1) is 11.3 Å². The molecular weight excluding hydrogens is 469 g/mol. The highest BCUT2D eigenvalue weighted by molar-refractivity contribution is 14.1. The van der Waals surface area contributed by atoms with Gasteiger partial charge in [-0.1, -0.05) is 48.5 Å². The maximum atomic E-state index is 12.3. The summed E-state index contributed by atoms with van der Waals surface area (Å²) in [5, 5.41) is 11.8. The largest absolute Gasteiger partial charge is 0.478 e. The van der Waals surface area contributed by atoms with Crippen LogP contribution in [0.2, 0.25) is 0 Å². The number of fused-ring (bicyclic) bond motifs is 3. The fourth-order valence-corrected chi connectivity index (χ4v) is 3.97. The summed E-state index contributed by atoms with van der Waals surface area (Å²) in [5.41, 5.74) is 5.12. The summed E-state index contributed by atoms with van der Waals surface area (Å²) in [6.07, 6.45) is -0.609. The van der Waals surface area contributed by atoms with Gasteiger partial charge in [-0.05, 0) is 63.0 Å². The summed E-state index contributed by atoms with van der Waals surface area (Å²) in [6, 6.07) is 20.8. The van der Waals surface area contributed by atoms with E-state index in [9.17, 15) is 9.59 Å². The second-order valence-electron chi connectivity index (χ2n) is 6.45. The van der Waals surface area contributed by atoms with Gasteiger partial charge in [-0.2, -0.15) is 0 Å². The van der Waals surface area contributed by atoms with Gasteiger partial charge in [0.25, 0.3) is 0 Å². The number of aromatic carboxylic acids is 1. The molecule has 0 spiro atoms. The molecule has 1 aliphatic carbocycles. The third-order valence-electron chi connectivity index (χ3n) is 4.79. The van der Waals surface area contributed by atoms with Gasteiger partial charge < -0.3 is 9.84 Å². The smallest absolute Gasteiger partial charge is 0.411 e. The minimum Gasteiger partial charge on any atom is -0.478 e. The Morgan fingerprint density at radius 3 is 2.18 bits per heavy atom. The normalized spacial score (nSPS) is 12.2. The van der Waals surface area contributed by atoms with E-state index in [2.05, 4.69) is 29.6 Å². The first kappa shape index (κ1) is 18.5. The number of hydrogen-bond donors (Lipinski definition) is 2. The van der Waals surface area contributed by atoms with Crippen molar-refractivity contribution in [3.05, 3.63) is 87.0 Å². The Kier molecular flexibility index (Phi) is 5.04. The standard InChI is InChI=1S/C22H16INO4/c23-19-10-9-13(21(25)26)11-20(19)24-22(27)28-12-18-16-7-3-1-5-14(16)15-6-2-4-8-17(15)18/h1-11,18H,12H2,(H,24,27)(H,25,26). The average Bonchev–Trinajstić information content (AvgIpc) is 3.02. The lowest BCUT2D eigenvalue weighted by molar-refractivity contribution is 0.0696. The van der Waals surface area contributed by atoms with Crippen LogP contribution in [0.15, 0.2) is 66.7 Å². The highest BCUT2D eigenvalue weighted by Gasteiger charge is 2.29. The molecule has 0 aliphatic heterocycles. The van der Waals surface area contributed by atoms with Gasteiger partial charge in [-0.3, -0.25) is 5.32 Å². The van der Waals surface area contributed by atoms with Crippen LogP contribution in [-0.4, -0.2) is 23.8 Å². The highest BCUT2D eigenvalue weighted by Crippen LogP contribution is 2.44. The molecule has 0 aromatic heterocycles. The molecule has 5 nitrogen and oxygen atoms in total. The summed E-state index contributed by atoms with van der Waals surface area (Å²) in [7, 11) is 0. The van der Waals surface area contributed by atoms with Gasteiger partial charge in [-0.15, -0.1) is 0 Å². The van der Waals surface area contributed by atoms with E-state index < -0.39 is 12.1 Å². The second kappa shape index (κ2) is 7.63. The summed E-state index contributed by atoms with van der Waals surface area (Å²) < 4.78 is 6.23. The van der Waals surface area contributed by atoms with Crippen molar-refractivity contribution in [1.82, 2.24) is 0 Å². The van der Waals surface area contributed by atoms with Gasteiger partial charge >= 0.3 is 12.1 Å². The lowest BCUT2D eigenvalue weighted by atomic mass is 9.98. The van der Waals surface area contributed by atoms with E-state index >= 15 is 0 Å². The number of nitrogens with one attached hydrogen (secondary N) is 1. The summed E-state index contributed by atoms with van der Waals surface area (Å²) in [6.45, 7) is 0.203. The van der Waals surface area contributed by atoms with Gasteiger partial charge in [0.15, 0.2) is 0 Å². The van der Waals surface area contributed by atoms with E-state index in [1.54, 1.807) is 6.07 Å². The Morgan fingerprint density at radius 1 is 0.964 bits per heavy atom. The zero-order chi connectivity index (χ0) is 19.7. The van der Waals surface area contributed by atoms with Gasteiger partial charge in [0, 0.05) is 9.49 Å². The van der Waals surface area contributed by atoms with Crippen molar-refractivity contribution < 1.29 is 19.4 Å².